The number of esters is 1. The maximum atomic E-state index is 12.0. The Morgan fingerprint density at radius 3 is 2.54 bits per heavy atom. The van der Waals surface area contributed by atoms with Crippen molar-refractivity contribution in [1.29, 1.82) is 0 Å². The molecule has 0 unspecified atom stereocenters. The lowest BCUT2D eigenvalue weighted by atomic mass is 10.3. The van der Waals surface area contributed by atoms with E-state index in [9.17, 15) is 19.7 Å². The number of carbonyl (C=O) groups is 2. The Bertz CT molecular complexity index is 813. The average Bonchev–Trinajstić information content (AvgIpc) is 2.62. The van der Waals surface area contributed by atoms with Crippen LogP contribution in [-0.2, 0) is 14.3 Å². The van der Waals surface area contributed by atoms with Gasteiger partial charge in [-0.25, -0.2) is 0 Å². The van der Waals surface area contributed by atoms with Gasteiger partial charge in [-0.15, -0.1) is 11.8 Å². The Morgan fingerprint density at radius 2 is 1.88 bits per heavy atom. The standard InChI is InChI=1S/C17H15ClN2O5S/c1-11(17(22)19-13-8-6-12(18)7-9-13)25-16(21)10-26-15-5-3-2-4-14(15)20(23)24/h2-9,11H,10H2,1H3,(H,19,22)/t11-/m1/s1. The van der Waals surface area contributed by atoms with Crippen LogP contribution < -0.4 is 5.32 Å². The summed E-state index contributed by atoms with van der Waals surface area (Å²) >= 11 is 6.75. The summed E-state index contributed by atoms with van der Waals surface area (Å²) in [5, 5.41) is 14.1. The number of hydrogen-bond acceptors (Lipinski definition) is 6. The smallest absolute Gasteiger partial charge is 0.317 e. The van der Waals surface area contributed by atoms with Crippen molar-refractivity contribution in [3.8, 4) is 0 Å². The number of thioether (sulfide) groups is 1. The molecule has 1 atom stereocenters. The van der Waals surface area contributed by atoms with Crippen LogP contribution in [0.5, 0.6) is 0 Å². The predicted octanol–water partition coefficient (Wildman–Crippen LogP) is 3.91. The second-order valence-electron chi connectivity index (χ2n) is 5.14. The Balaban J connectivity index is 1.86. The van der Waals surface area contributed by atoms with E-state index in [1.807, 2.05) is 0 Å². The first-order chi connectivity index (χ1) is 12.4. The summed E-state index contributed by atoms with van der Waals surface area (Å²) in [6, 6.07) is 12.6. The van der Waals surface area contributed by atoms with E-state index < -0.39 is 22.9 Å². The first kappa shape index (κ1) is 19.7. The highest BCUT2D eigenvalue weighted by Gasteiger charge is 2.20. The van der Waals surface area contributed by atoms with Gasteiger partial charge in [0.05, 0.1) is 15.6 Å². The van der Waals surface area contributed by atoms with E-state index in [1.165, 1.54) is 13.0 Å². The Kier molecular flexibility index (Phi) is 6.99. The largest absolute Gasteiger partial charge is 0.452 e. The predicted molar refractivity (Wildman–Crippen MR) is 99.5 cm³/mol. The Labute approximate surface area is 158 Å². The fraction of sp³-hybridized carbons (Fsp3) is 0.176. The second kappa shape index (κ2) is 9.21. The fourth-order valence-electron chi connectivity index (χ4n) is 1.93. The van der Waals surface area contributed by atoms with Gasteiger partial charge in [0.25, 0.3) is 11.6 Å². The van der Waals surface area contributed by atoms with Gasteiger partial charge in [0, 0.05) is 16.8 Å². The van der Waals surface area contributed by atoms with Crippen molar-refractivity contribution in [2.24, 2.45) is 0 Å². The number of rotatable bonds is 7. The van der Waals surface area contributed by atoms with Crippen molar-refractivity contribution in [1.82, 2.24) is 0 Å². The van der Waals surface area contributed by atoms with Gasteiger partial charge in [0.2, 0.25) is 0 Å². The number of benzene rings is 2. The summed E-state index contributed by atoms with van der Waals surface area (Å²) in [6.45, 7) is 1.44. The van der Waals surface area contributed by atoms with Gasteiger partial charge in [-0.1, -0.05) is 23.7 Å². The van der Waals surface area contributed by atoms with Crippen molar-refractivity contribution in [3.05, 3.63) is 63.7 Å². The van der Waals surface area contributed by atoms with Crippen LogP contribution in [0.25, 0.3) is 0 Å². The monoisotopic (exact) mass is 394 g/mol. The van der Waals surface area contributed by atoms with E-state index in [2.05, 4.69) is 5.32 Å². The van der Waals surface area contributed by atoms with Gasteiger partial charge in [0.15, 0.2) is 6.10 Å². The lowest BCUT2D eigenvalue weighted by Gasteiger charge is -2.13. The maximum absolute atomic E-state index is 12.0. The van der Waals surface area contributed by atoms with Gasteiger partial charge < -0.3 is 10.1 Å². The van der Waals surface area contributed by atoms with E-state index in [0.29, 0.717) is 15.6 Å². The summed E-state index contributed by atoms with van der Waals surface area (Å²) < 4.78 is 5.06. The number of nitro groups is 1. The molecule has 0 heterocycles. The third-order valence-electron chi connectivity index (χ3n) is 3.20. The molecule has 0 aromatic heterocycles. The van der Waals surface area contributed by atoms with Crippen LogP contribution >= 0.6 is 23.4 Å². The van der Waals surface area contributed by atoms with Crippen LogP contribution in [0.3, 0.4) is 0 Å². The van der Waals surface area contributed by atoms with Crippen LogP contribution in [0.15, 0.2) is 53.4 Å². The van der Waals surface area contributed by atoms with Crippen LogP contribution in [-0.4, -0.2) is 28.7 Å². The van der Waals surface area contributed by atoms with Crippen LogP contribution in [0, 0.1) is 10.1 Å². The molecule has 0 aliphatic carbocycles. The molecule has 7 nitrogen and oxygen atoms in total. The van der Waals surface area contributed by atoms with E-state index >= 15 is 0 Å². The molecule has 0 spiro atoms. The van der Waals surface area contributed by atoms with Crippen LogP contribution in [0.1, 0.15) is 6.92 Å². The second-order valence-corrected chi connectivity index (χ2v) is 6.60. The topological polar surface area (TPSA) is 98.5 Å². The van der Waals surface area contributed by atoms with E-state index in [0.717, 1.165) is 11.8 Å². The molecule has 1 amide bonds. The highest BCUT2D eigenvalue weighted by Crippen LogP contribution is 2.28. The minimum absolute atomic E-state index is 0.0844. The minimum atomic E-state index is -1.01. The third-order valence-corrected chi connectivity index (χ3v) is 4.48. The molecule has 0 saturated carbocycles. The lowest BCUT2D eigenvalue weighted by Crippen LogP contribution is -2.30. The number of ether oxygens (including phenoxy) is 1. The number of nitro benzene ring substituents is 1. The molecular weight excluding hydrogens is 380 g/mol. The highest BCUT2D eigenvalue weighted by atomic mass is 35.5. The maximum Gasteiger partial charge on any atom is 0.317 e. The van der Waals surface area contributed by atoms with E-state index in [-0.39, 0.29) is 11.4 Å². The highest BCUT2D eigenvalue weighted by molar-refractivity contribution is 8.00. The lowest BCUT2D eigenvalue weighted by molar-refractivity contribution is -0.387. The molecule has 9 heteroatoms. The molecule has 26 heavy (non-hydrogen) atoms. The molecule has 2 aromatic carbocycles. The Hall–Kier alpha value is -2.58. The Morgan fingerprint density at radius 1 is 1.23 bits per heavy atom. The van der Waals surface area contributed by atoms with Gasteiger partial charge in [0.1, 0.15) is 0 Å². The number of carbonyl (C=O) groups excluding carboxylic acids is 2. The molecule has 136 valence electrons. The van der Waals surface area contributed by atoms with Crippen LogP contribution in [0.4, 0.5) is 11.4 Å². The van der Waals surface area contributed by atoms with Gasteiger partial charge >= 0.3 is 5.97 Å². The quantitative estimate of drug-likeness (QED) is 0.331. The van der Waals surface area contributed by atoms with Gasteiger partial charge in [-0.05, 0) is 37.3 Å². The van der Waals surface area contributed by atoms with Crippen molar-refractivity contribution < 1.29 is 19.2 Å². The molecule has 1 N–H and O–H groups in total. The van der Waals surface area contributed by atoms with Crippen molar-refractivity contribution in [2.75, 3.05) is 11.1 Å². The van der Waals surface area contributed by atoms with E-state index in [4.69, 9.17) is 16.3 Å². The summed E-state index contributed by atoms with van der Waals surface area (Å²) in [6.07, 6.45) is -1.01. The fourth-order valence-corrected chi connectivity index (χ4v) is 2.86. The van der Waals surface area contributed by atoms with Gasteiger partial charge in [-0.3, -0.25) is 19.7 Å². The molecule has 0 fully saturated rings. The number of nitrogens with one attached hydrogen (secondary N) is 1. The van der Waals surface area contributed by atoms with Crippen LogP contribution in [0.2, 0.25) is 5.02 Å². The number of para-hydroxylation sites is 1. The molecule has 0 saturated heterocycles. The zero-order valence-corrected chi connectivity index (χ0v) is 15.3. The number of amides is 1. The van der Waals surface area contributed by atoms with Crippen molar-refractivity contribution in [2.45, 2.75) is 17.9 Å². The first-order valence-corrected chi connectivity index (χ1v) is 8.85. The zero-order valence-electron chi connectivity index (χ0n) is 13.7. The van der Waals surface area contributed by atoms with Crippen molar-refractivity contribution in [3.63, 3.8) is 0 Å². The van der Waals surface area contributed by atoms with Gasteiger partial charge in [-0.2, -0.15) is 0 Å². The SMILES string of the molecule is C[C@@H](OC(=O)CSc1ccccc1[N+](=O)[O-])C(=O)Nc1ccc(Cl)cc1. The van der Waals surface area contributed by atoms with Crippen molar-refractivity contribution >= 4 is 46.6 Å². The summed E-state index contributed by atoms with van der Waals surface area (Å²) in [7, 11) is 0. The molecule has 0 aliphatic rings. The molecule has 0 radical (unpaired) electrons. The first-order valence-electron chi connectivity index (χ1n) is 7.49. The summed E-state index contributed by atoms with van der Waals surface area (Å²) in [5.41, 5.74) is 0.440. The summed E-state index contributed by atoms with van der Waals surface area (Å²) in [5.74, 6) is -1.29. The number of hydrogen-bond donors (Lipinski definition) is 1. The molecular formula is C17H15ClN2O5S. The molecule has 2 rings (SSSR count). The third kappa shape index (κ3) is 5.75. The van der Waals surface area contributed by atoms with E-state index in [1.54, 1.807) is 42.5 Å². The molecule has 0 bridgehead atoms. The molecule has 2 aromatic rings. The minimum Gasteiger partial charge on any atom is -0.452 e. The molecule has 0 aliphatic heterocycles. The normalized spacial score (nSPS) is 11.5. The number of anilines is 1. The summed E-state index contributed by atoms with van der Waals surface area (Å²) in [4.78, 5) is 34.7. The zero-order chi connectivity index (χ0) is 19.1. The number of halogens is 1. The average molecular weight is 395 g/mol. The number of nitrogens with zero attached hydrogens (tertiary/aromatic N) is 1.